The maximum Gasteiger partial charge on any atom is 0.282 e. The summed E-state index contributed by atoms with van der Waals surface area (Å²) in [7, 11) is 0. The zero-order chi connectivity index (χ0) is 9.42. The molecule has 2 aliphatic rings. The minimum atomic E-state index is -0.205. The molecule has 1 saturated carbocycles. The Bertz CT molecular complexity index is 278. The molecular formula is C7H11ClN4O. The van der Waals surface area contributed by atoms with E-state index in [9.17, 15) is 5.21 Å². The molecule has 3 atom stereocenters. The number of alkyl halides is 1. The van der Waals surface area contributed by atoms with E-state index in [0.29, 0.717) is 11.3 Å². The van der Waals surface area contributed by atoms with Gasteiger partial charge in [0.2, 0.25) is 6.04 Å². The maximum absolute atomic E-state index is 11.3. The topological polar surface area (TPSA) is 76.8 Å². The van der Waals surface area contributed by atoms with Crippen LogP contribution >= 0.6 is 11.6 Å². The normalized spacial score (nSPS) is 39.0. The number of fused-ring (bicyclic) bond motifs is 1. The molecule has 1 aliphatic heterocycles. The molecule has 0 radical (unpaired) electrons. The van der Waals surface area contributed by atoms with Crippen LogP contribution < -0.4 is 5.73 Å². The van der Waals surface area contributed by atoms with Crippen molar-refractivity contribution >= 4 is 17.6 Å². The van der Waals surface area contributed by atoms with Crippen molar-refractivity contribution in [2.24, 2.45) is 15.8 Å². The van der Waals surface area contributed by atoms with Crippen molar-refractivity contribution in [3.63, 3.8) is 0 Å². The van der Waals surface area contributed by atoms with Crippen LogP contribution in [0.3, 0.4) is 0 Å². The first-order valence-corrected chi connectivity index (χ1v) is 4.76. The summed E-state index contributed by atoms with van der Waals surface area (Å²) in [4.78, 5) is 4.77. The van der Waals surface area contributed by atoms with Gasteiger partial charge in [0, 0.05) is 16.9 Å². The van der Waals surface area contributed by atoms with Crippen LogP contribution in [-0.2, 0) is 0 Å². The molecule has 0 aromatic rings. The summed E-state index contributed by atoms with van der Waals surface area (Å²) in [5, 5.41) is 14.9. The lowest BCUT2D eigenvalue weighted by Crippen LogP contribution is -2.43. The maximum atomic E-state index is 11.3. The molecule has 0 saturated heterocycles. The minimum absolute atomic E-state index is 0.00926. The molecule has 0 bridgehead atoms. The third-order valence-electron chi connectivity index (χ3n) is 2.50. The SMILES string of the molecule is NC1=NC2CCC(Cl)CC2[N+]([O-])=N1. The van der Waals surface area contributed by atoms with Gasteiger partial charge in [0.15, 0.2) is 0 Å². The van der Waals surface area contributed by atoms with Crippen LogP contribution in [0.2, 0.25) is 0 Å². The first kappa shape index (κ1) is 8.74. The second-order valence-corrected chi connectivity index (χ2v) is 4.05. The van der Waals surface area contributed by atoms with E-state index in [2.05, 4.69) is 10.1 Å². The number of hydrogen-bond acceptors (Lipinski definition) is 4. The van der Waals surface area contributed by atoms with Gasteiger partial charge in [-0.1, -0.05) is 4.86 Å². The zero-order valence-corrected chi connectivity index (χ0v) is 7.81. The summed E-state index contributed by atoms with van der Waals surface area (Å²) >= 11 is 5.95. The Kier molecular flexibility index (Phi) is 2.11. The number of nitrogens with two attached hydrogens (primary N) is 1. The Morgan fingerprint density at radius 1 is 1.54 bits per heavy atom. The summed E-state index contributed by atoms with van der Waals surface area (Å²) in [6, 6.07) is -0.214. The molecular weight excluding hydrogens is 192 g/mol. The van der Waals surface area contributed by atoms with Crippen molar-refractivity contribution < 1.29 is 4.86 Å². The molecule has 0 spiro atoms. The van der Waals surface area contributed by atoms with Crippen molar-refractivity contribution in [1.82, 2.24) is 0 Å². The summed E-state index contributed by atoms with van der Waals surface area (Å²) in [6.45, 7) is 0. The highest BCUT2D eigenvalue weighted by molar-refractivity contribution is 6.20. The fourth-order valence-electron chi connectivity index (χ4n) is 1.84. The van der Waals surface area contributed by atoms with Crippen LogP contribution in [0, 0.1) is 5.21 Å². The summed E-state index contributed by atoms with van der Waals surface area (Å²) in [5.41, 5.74) is 5.38. The van der Waals surface area contributed by atoms with E-state index in [4.69, 9.17) is 17.3 Å². The molecule has 3 unspecified atom stereocenters. The van der Waals surface area contributed by atoms with Gasteiger partial charge in [-0.3, -0.25) is 0 Å². The van der Waals surface area contributed by atoms with Crippen molar-refractivity contribution in [3.8, 4) is 0 Å². The van der Waals surface area contributed by atoms with Gasteiger partial charge >= 0.3 is 0 Å². The van der Waals surface area contributed by atoms with Gasteiger partial charge in [-0.05, 0) is 12.8 Å². The number of aliphatic imine (C=N–C) groups is 1. The number of rotatable bonds is 0. The average Bonchev–Trinajstić information content (AvgIpc) is 2.06. The zero-order valence-electron chi connectivity index (χ0n) is 7.06. The fraction of sp³-hybridized carbons (Fsp3) is 0.857. The number of nitrogens with zero attached hydrogens (tertiary/aromatic N) is 3. The Labute approximate surface area is 80.9 Å². The van der Waals surface area contributed by atoms with Crippen LogP contribution in [0.5, 0.6) is 0 Å². The Morgan fingerprint density at radius 3 is 3.08 bits per heavy atom. The lowest BCUT2D eigenvalue weighted by atomic mass is 9.90. The van der Waals surface area contributed by atoms with E-state index in [0.717, 1.165) is 12.8 Å². The van der Waals surface area contributed by atoms with Crippen molar-refractivity contribution in [2.45, 2.75) is 36.7 Å². The minimum Gasteiger partial charge on any atom is -0.599 e. The molecule has 0 aromatic heterocycles. The fourth-order valence-corrected chi connectivity index (χ4v) is 2.15. The highest BCUT2D eigenvalue weighted by Gasteiger charge is 2.38. The van der Waals surface area contributed by atoms with Gasteiger partial charge in [0.1, 0.15) is 6.04 Å². The number of guanidine groups is 1. The lowest BCUT2D eigenvalue weighted by Gasteiger charge is -2.29. The predicted octanol–water partition coefficient (Wildman–Crippen LogP) is 0.806. The molecule has 1 heterocycles. The second-order valence-electron chi connectivity index (χ2n) is 3.43. The predicted molar refractivity (Wildman–Crippen MR) is 48.7 cm³/mol. The molecule has 2 rings (SSSR count). The van der Waals surface area contributed by atoms with Gasteiger partial charge in [-0.2, -0.15) is 0 Å². The average molecular weight is 203 g/mol. The molecule has 6 heteroatoms. The Hall–Kier alpha value is -0.840. The molecule has 1 aliphatic carbocycles. The standard InChI is InChI=1S/C7H11ClN4O/c8-4-1-2-5-6(3-4)12(13)11-7(9)10-5/h4-6H,1-3H2,(H2,9,10). The summed E-state index contributed by atoms with van der Waals surface area (Å²) < 4.78 is 0. The molecule has 0 aromatic carbocycles. The Balaban J connectivity index is 2.19. The summed E-state index contributed by atoms with van der Waals surface area (Å²) in [6.07, 6.45) is 2.37. The van der Waals surface area contributed by atoms with E-state index in [1.165, 1.54) is 0 Å². The van der Waals surface area contributed by atoms with Gasteiger partial charge in [0.05, 0.1) is 0 Å². The number of hydroxylamine groups is 1. The van der Waals surface area contributed by atoms with Crippen LogP contribution in [0.1, 0.15) is 19.3 Å². The molecule has 0 amide bonds. The third kappa shape index (κ3) is 1.60. The van der Waals surface area contributed by atoms with E-state index >= 15 is 0 Å². The van der Waals surface area contributed by atoms with Crippen LogP contribution in [-0.4, -0.2) is 28.3 Å². The number of hydrogen-bond donors (Lipinski definition) is 1. The third-order valence-corrected chi connectivity index (χ3v) is 2.90. The molecule has 1 fully saturated rings. The first-order valence-electron chi connectivity index (χ1n) is 4.32. The van der Waals surface area contributed by atoms with Gasteiger partial charge in [-0.15, -0.1) is 11.6 Å². The number of halogens is 1. The highest BCUT2D eigenvalue weighted by Crippen LogP contribution is 2.28. The second kappa shape index (κ2) is 3.14. The molecule has 13 heavy (non-hydrogen) atoms. The Morgan fingerprint density at radius 2 is 2.31 bits per heavy atom. The summed E-state index contributed by atoms with van der Waals surface area (Å²) in [5.74, 6) is 0.0873. The van der Waals surface area contributed by atoms with Gasteiger partial charge in [-0.25, -0.2) is 4.99 Å². The largest absolute Gasteiger partial charge is 0.599 e. The van der Waals surface area contributed by atoms with Crippen molar-refractivity contribution in [1.29, 1.82) is 0 Å². The van der Waals surface area contributed by atoms with Crippen molar-refractivity contribution in [3.05, 3.63) is 5.21 Å². The number of azo groups is 1. The quantitative estimate of drug-likeness (QED) is 0.358. The molecule has 5 nitrogen and oxygen atoms in total. The monoisotopic (exact) mass is 202 g/mol. The lowest BCUT2D eigenvalue weighted by molar-refractivity contribution is -0.570. The highest BCUT2D eigenvalue weighted by atomic mass is 35.5. The van der Waals surface area contributed by atoms with E-state index < -0.39 is 0 Å². The van der Waals surface area contributed by atoms with E-state index in [-0.39, 0.29) is 23.4 Å². The van der Waals surface area contributed by atoms with Gasteiger partial charge < -0.3 is 10.9 Å². The van der Waals surface area contributed by atoms with Crippen LogP contribution in [0.25, 0.3) is 0 Å². The van der Waals surface area contributed by atoms with Crippen molar-refractivity contribution in [2.75, 3.05) is 0 Å². The van der Waals surface area contributed by atoms with E-state index in [1.54, 1.807) is 0 Å². The van der Waals surface area contributed by atoms with E-state index in [1.807, 2.05) is 0 Å². The first-order chi connectivity index (χ1) is 6.16. The van der Waals surface area contributed by atoms with Gasteiger partial charge in [0.25, 0.3) is 5.96 Å². The van der Waals surface area contributed by atoms with Crippen LogP contribution in [0.4, 0.5) is 0 Å². The molecule has 72 valence electrons. The smallest absolute Gasteiger partial charge is 0.282 e. The molecule has 2 N–H and O–H groups in total. The van der Waals surface area contributed by atoms with Crippen LogP contribution in [0.15, 0.2) is 10.1 Å².